The molecule has 0 aromatic carbocycles. The minimum Gasteiger partial charge on any atom is -0.257 e. The van der Waals surface area contributed by atoms with E-state index in [0.717, 1.165) is 22.5 Å². The Morgan fingerprint density at radius 1 is 1.46 bits per heavy atom. The van der Waals surface area contributed by atoms with E-state index < -0.39 is 0 Å². The van der Waals surface area contributed by atoms with Crippen LogP contribution in [0.25, 0.3) is 0 Å². The van der Waals surface area contributed by atoms with Crippen molar-refractivity contribution in [2.24, 2.45) is 0 Å². The summed E-state index contributed by atoms with van der Waals surface area (Å²) in [7, 11) is 0. The maximum Gasteiger partial charge on any atom is 0.117 e. The second-order valence-corrected chi connectivity index (χ2v) is 3.85. The highest BCUT2D eigenvalue weighted by Crippen LogP contribution is 2.41. The van der Waals surface area contributed by atoms with Gasteiger partial charge in [0.15, 0.2) is 0 Å². The first-order valence-electron chi connectivity index (χ1n) is 4.75. The smallest absolute Gasteiger partial charge is 0.117 e. The number of pyridine rings is 1. The Bertz CT molecular complexity index is 329. The van der Waals surface area contributed by atoms with Gasteiger partial charge in [-0.3, -0.25) is 4.98 Å². The van der Waals surface area contributed by atoms with E-state index >= 15 is 0 Å². The average molecular weight is 179 g/mol. The Kier molecular flexibility index (Phi) is 2.06. The molecule has 1 aliphatic rings. The van der Waals surface area contributed by atoms with Gasteiger partial charge >= 0.3 is 0 Å². The van der Waals surface area contributed by atoms with Gasteiger partial charge in [-0.2, -0.15) is 0 Å². The number of aromatic nitrogens is 1. The normalized spacial score (nSPS) is 16.2. The zero-order chi connectivity index (χ0) is 9.42. The molecular weight excluding hydrogens is 165 g/mol. The lowest BCUT2D eigenvalue weighted by Crippen LogP contribution is -1.99. The zero-order valence-corrected chi connectivity index (χ0v) is 8.10. The molecular formula is C11H14FN. The standard InChI is InChI=1S/C11H14FN/c1-7-5-8(2)13-11(9-3-4-9)10(7)6-12/h5,9H,3-4,6H2,1-2H3. The summed E-state index contributed by atoms with van der Waals surface area (Å²) in [6.45, 7) is 3.57. The quantitative estimate of drug-likeness (QED) is 0.680. The van der Waals surface area contributed by atoms with Crippen LogP contribution in [0, 0.1) is 13.8 Å². The second-order valence-electron chi connectivity index (χ2n) is 3.85. The minimum atomic E-state index is -0.370. The molecule has 1 nitrogen and oxygen atoms in total. The van der Waals surface area contributed by atoms with Crippen molar-refractivity contribution in [2.75, 3.05) is 0 Å². The molecule has 70 valence electrons. The van der Waals surface area contributed by atoms with Gasteiger partial charge in [0.1, 0.15) is 6.67 Å². The van der Waals surface area contributed by atoms with Crippen LogP contribution in [0.5, 0.6) is 0 Å². The van der Waals surface area contributed by atoms with Gasteiger partial charge in [-0.1, -0.05) is 0 Å². The molecule has 1 fully saturated rings. The van der Waals surface area contributed by atoms with Gasteiger partial charge < -0.3 is 0 Å². The highest BCUT2D eigenvalue weighted by molar-refractivity contribution is 5.35. The van der Waals surface area contributed by atoms with Crippen LogP contribution in [0.1, 0.15) is 41.3 Å². The lowest BCUT2D eigenvalue weighted by Gasteiger charge is -2.09. The Morgan fingerprint density at radius 2 is 2.15 bits per heavy atom. The molecule has 0 radical (unpaired) electrons. The van der Waals surface area contributed by atoms with E-state index in [-0.39, 0.29) is 6.67 Å². The van der Waals surface area contributed by atoms with Crippen LogP contribution in [0.3, 0.4) is 0 Å². The van der Waals surface area contributed by atoms with Crippen molar-refractivity contribution in [3.05, 3.63) is 28.6 Å². The molecule has 0 bridgehead atoms. The van der Waals surface area contributed by atoms with E-state index in [1.807, 2.05) is 19.9 Å². The van der Waals surface area contributed by atoms with Crippen molar-refractivity contribution in [1.82, 2.24) is 4.98 Å². The monoisotopic (exact) mass is 179 g/mol. The largest absolute Gasteiger partial charge is 0.257 e. The van der Waals surface area contributed by atoms with Crippen LogP contribution in [0.4, 0.5) is 4.39 Å². The van der Waals surface area contributed by atoms with Crippen molar-refractivity contribution in [3.8, 4) is 0 Å². The van der Waals surface area contributed by atoms with Crippen molar-refractivity contribution >= 4 is 0 Å². The molecule has 2 rings (SSSR count). The van der Waals surface area contributed by atoms with Crippen molar-refractivity contribution in [1.29, 1.82) is 0 Å². The molecule has 0 N–H and O–H groups in total. The summed E-state index contributed by atoms with van der Waals surface area (Å²) in [6.07, 6.45) is 2.37. The van der Waals surface area contributed by atoms with Crippen LogP contribution in [-0.4, -0.2) is 4.98 Å². The van der Waals surface area contributed by atoms with Crippen molar-refractivity contribution in [2.45, 2.75) is 39.3 Å². The van der Waals surface area contributed by atoms with E-state index in [0.29, 0.717) is 5.92 Å². The van der Waals surface area contributed by atoms with Crippen molar-refractivity contribution in [3.63, 3.8) is 0 Å². The molecule has 1 aliphatic carbocycles. The van der Waals surface area contributed by atoms with Gasteiger partial charge in [0, 0.05) is 22.9 Å². The molecule has 1 heterocycles. The topological polar surface area (TPSA) is 12.9 Å². The van der Waals surface area contributed by atoms with E-state index in [2.05, 4.69) is 4.98 Å². The second kappa shape index (κ2) is 3.09. The first-order valence-corrected chi connectivity index (χ1v) is 4.75. The Labute approximate surface area is 78.0 Å². The molecule has 0 spiro atoms. The number of aryl methyl sites for hydroxylation is 2. The maximum absolute atomic E-state index is 12.7. The third-order valence-electron chi connectivity index (χ3n) is 2.61. The summed E-state index contributed by atoms with van der Waals surface area (Å²) >= 11 is 0. The van der Waals surface area contributed by atoms with Gasteiger partial charge in [-0.15, -0.1) is 0 Å². The van der Waals surface area contributed by atoms with E-state index in [1.54, 1.807) is 0 Å². The van der Waals surface area contributed by atoms with Crippen LogP contribution in [-0.2, 0) is 6.67 Å². The third-order valence-corrected chi connectivity index (χ3v) is 2.61. The molecule has 1 aromatic rings. The maximum atomic E-state index is 12.7. The fourth-order valence-corrected chi connectivity index (χ4v) is 1.76. The van der Waals surface area contributed by atoms with Crippen LogP contribution >= 0.6 is 0 Å². The summed E-state index contributed by atoms with van der Waals surface area (Å²) in [4.78, 5) is 4.43. The van der Waals surface area contributed by atoms with Crippen LogP contribution in [0.15, 0.2) is 6.07 Å². The number of hydrogen-bond donors (Lipinski definition) is 0. The SMILES string of the molecule is Cc1cc(C)c(CF)c(C2CC2)n1. The molecule has 1 aromatic heterocycles. The van der Waals surface area contributed by atoms with Gasteiger partial charge in [0.25, 0.3) is 0 Å². The first-order chi connectivity index (χ1) is 6.22. The minimum absolute atomic E-state index is 0.370. The number of hydrogen-bond acceptors (Lipinski definition) is 1. The average Bonchev–Trinajstić information content (AvgIpc) is 2.85. The number of nitrogens with zero attached hydrogens (tertiary/aromatic N) is 1. The zero-order valence-electron chi connectivity index (χ0n) is 8.10. The Morgan fingerprint density at radius 3 is 2.69 bits per heavy atom. The molecule has 2 heteroatoms. The van der Waals surface area contributed by atoms with E-state index in [9.17, 15) is 4.39 Å². The first kappa shape index (κ1) is 8.67. The Hall–Kier alpha value is -0.920. The molecule has 0 unspecified atom stereocenters. The molecule has 0 aliphatic heterocycles. The van der Waals surface area contributed by atoms with Gasteiger partial charge in [0.2, 0.25) is 0 Å². The van der Waals surface area contributed by atoms with E-state index in [1.165, 1.54) is 12.8 Å². The molecule has 0 amide bonds. The van der Waals surface area contributed by atoms with E-state index in [4.69, 9.17) is 0 Å². The number of rotatable bonds is 2. The summed E-state index contributed by atoms with van der Waals surface area (Å²) in [5.74, 6) is 0.546. The molecule has 0 atom stereocenters. The summed E-state index contributed by atoms with van der Waals surface area (Å²) in [5, 5.41) is 0. The molecule has 0 saturated heterocycles. The highest BCUT2D eigenvalue weighted by atomic mass is 19.1. The number of alkyl halides is 1. The van der Waals surface area contributed by atoms with Gasteiger partial charge in [-0.25, -0.2) is 4.39 Å². The van der Waals surface area contributed by atoms with Crippen LogP contribution in [0.2, 0.25) is 0 Å². The lowest BCUT2D eigenvalue weighted by molar-refractivity contribution is 0.478. The highest BCUT2D eigenvalue weighted by Gasteiger charge is 2.28. The fraction of sp³-hybridized carbons (Fsp3) is 0.545. The number of halogens is 1. The summed E-state index contributed by atoms with van der Waals surface area (Å²) < 4.78 is 12.7. The van der Waals surface area contributed by atoms with Crippen molar-refractivity contribution < 1.29 is 4.39 Å². The summed E-state index contributed by atoms with van der Waals surface area (Å²) in [6, 6.07) is 1.96. The lowest BCUT2D eigenvalue weighted by atomic mass is 10.0. The Balaban J connectivity index is 2.50. The van der Waals surface area contributed by atoms with Gasteiger partial charge in [-0.05, 0) is 38.3 Å². The molecule has 13 heavy (non-hydrogen) atoms. The van der Waals surface area contributed by atoms with Gasteiger partial charge in [0.05, 0.1) is 0 Å². The molecule has 1 saturated carbocycles. The van der Waals surface area contributed by atoms with Crippen LogP contribution < -0.4 is 0 Å². The third kappa shape index (κ3) is 1.58. The summed E-state index contributed by atoms with van der Waals surface area (Å²) in [5.41, 5.74) is 3.90. The predicted molar refractivity (Wildman–Crippen MR) is 50.5 cm³/mol. The predicted octanol–water partition coefficient (Wildman–Crippen LogP) is 3.05. The fourth-order valence-electron chi connectivity index (χ4n) is 1.76.